The molecule has 1 aromatic carbocycles. The van der Waals surface area contributed by atoms with Gasteiger partial charge in [-0.3, -0.25) is 0 Å². The van der Waals surface area contributed by atoms with E-state index in [4.69, 9.17) is 14.2 Å². The molecule has 4 atom stereocenters. The van der Waals surface area contributed by atoms with Crippen molar-refractivity contribution in [2.45, 2.75) is 64.6 Å². The van der Waals surface area contributed by atoms with Crippen molar-refractivity contribution in [3.63, 3.8) is 0 Å². The highest BCUT2D eigenvalue weighted by Gasteiger charge is 2.52. The normalized spacial score (nSPS) is 28.7. The number of benzene rings is 1. The molecule has 0 saturated carbocycles. The summed E-state index contributed by atoms with van der Waals surface area (Å²) in [7, 11) is 0. The Morgan fingerprint density at radius 1 is 0.840 bits per heavy atom. The molecule has 4 rings (SSSR count). The molecule has 2 aliphatic heterocycles. The minimum Gasteiger partial charge on any atom is -0.490 e. The lowest BCUT2D eigenvalue weighted by Crippen LogP contribution is -2.23. The lowest BCUT2D eigenvalue weighted by Gasteiger charge is -2.31. The Hall–Kier alpha value is -1.48. The van der Waals surface area contributed by atoms with Crippen molar-refractivity contribution in [1.29, 1.82) is 0 Å². The first kappa shape index (κ1) is 17.0. The molecule has 136 valence electrons. The van der Waals surface area contributed by atoms with Crippen molar-refractivity contribution in [3.05, 3.63) is 35.4 Å². The highest BCUT2D eigenvalue weighted by molar-refractivity contribution is 5.52. The SMILES string of the molecule is CCCCOc1cc2c(cc1OCCCC)[C@@H]1O[C@H]2C2CC=CCC21. The lowest BCUT2D eigenvalue weighted by atomic mass is 9.71. The quantitative estimate of drug-likeness (QED) is 0.444. The van der Waals surface area contributed by atoms with Crippen LogP contribution in [0.1, 0.15) is 75.7 Å². The van der Waals surface area contributed by atoms with Crippen LogP contribution in [0.4, 0.5) is 0 Å². The predicted molar refractivity (Wildman–Crippen MR) is 99.2 cm³/mol. The molecule has 1 aliphatic carbocycles. The molecule has 0 aromatic heterocycles. The van der Waals surface area contributed by atoms with Crippen LogP contribution in [-0.2, 0) is 4.74 Å². The number of hydrogen-bond donors (Lipinski definition) is 0. The van der Waals surface area contributed by atoms with E-state index >= 15 is 0 Å². The number of fused-ring (bicyclic) bond motifs is 8. The van der Waals surface area contributed by atoms with Gasteiger partial charge in [-0.25, -0.2) is 0 Å². The maximum absolute atomic E-state index is 6.40. The van der Waals surface area contributed by atoms with E-state index in [9.17, 15) is 0 Å². The van der Waals surface area contributed by atoms with E-state index in [0.29, 0.717) is 11.8 Å². The van der Waals surface area contributed by atoms with E-state index in [1.165, 1.54) is 11.1 Å². The van der Waals surface area contributed by atoms with Gasteiger partial charge in [0.05, 0.1) is 25.4 Å². The average Bonchev–Trinajstić information content (AvgIpc) is 3.19. The van der Waals surface area contributed by atoms with Crippen LogP contribution in [0.15, 0.2) is 24.3 Å². The van der Waals surface area contributed by atoms with E-state index in [1.807, 2.05) is 0 Å². The Bertz CT molecular complexity index is 583. The molecule has 3 nitrogen and oxygen atoms in total. The molecular formula is C22H30O3. The Kier molecular flexibility index (Phi) is 5.03. The van der Waals surface area contributed by atoms with E-state index in [2.05, 4.69) is 38.1 Å². The van der Waals surface area contributed by atoms with Crippen molar-refractivity contribution in [2.75, 3.05) is 13.2 Å². The summed E-state index contributed by atoms with van der Waals surface area (Å²) in [5, 5.41) is 0. The zero-order chi connectivity index (χ0) is 17.2. The van der Waals surface area contributed by atoms with Gasteiger partial charge >= 0.3 is 0 Å². The standard InChI is InChI=1S/C22H30O3/c1-3-5-11-23-19-13-17-18(14-20(19)24-12-6-4-2)22-16-10-8-7-9-15(16)21(17)25-22/h7-8,13-16,21-22H,3-6,9-12H2,1-2H3/t15?,16?,21-,22+. The average molecular weight is 342 g/mol. The van der Waals surface area contributed by atoms with Gasteiger partial charge in [-0.2, -0.15) is 0 Å². The molecule has 2 heterocycles. The lowest BCUT2D eigenvalue weighted by molar-refractivity contribution is 0.0547. The minimum absolute atomic E-state index is 0.244. The topological polar surface area (TPSA) is 27.7 Å². The molecule has 0 amide bonds. The van der Waals surface area contributed by atoms with Gasteiger partial charge in [0, 0.05) is 0 Å². The third-order valence-corrected chi connectivity index (χ3v) is 5.88. The van der Waals surface area contributed by atoms with Crippen LogP contribution in [0, 0.1) is 11.8 Å². The Labute approximate surface area is 151 Å². The fourth-order valence-electron chi connectivity index (χ4n) is 4.48. The van der Waals surface area contributed by atoms with Crippen molar-refractivity contribution in [2.24, 2.45) is 11.8 Å². The fourth-order valence-corrected chi connectivity index (χ4v) is 4.48. The van der Waals surface area contributed by atoms with Crippen LogP contribution in [-0.4, -0.2) is 13.2 Å². The number of unbranched alkanes of at least 4 members (excludes halogenated alkanes) is 2. The van der Waals surface area contributed by atoms with Crippen molar-refractivity contribution < 1.29 is 14.2 Å². The Morgan fingerprint density at radius 2 is 1.32 bits per heavy atom. The zero-order valence-corrected chi connectivity index (χ0v) is 15.5. The van der Waals surface area contributed by atoms with Gasteiger partial charge in [-0.1, -0.05) is 38.8 Å². The van der Waals surface area contributed by atoms with Gasteiger partial charge < -0.3 is 14.2 Å². The van der Waals surface area contributed by atoms with Gasteiger partial charge in [0.25, 0.3) is 0 Å². The second-order valence-corrected chi connectivity index (χ2v) is 7.58. The van der Waals surface area contributed by atoms with E-state index in [0.717, 1.165) is 63.2 Å². The molecule has 1 saturated heterocycles. The smallest absolute Gasteiger partial charge is 0.161 e. The first-order valence-corrected chi connectivity index (χ1v) is 10.1. The van der Waals surface area contributed by atoms with Crippen LogP contribution in [0.25, 0.3) is 0 Å². The summed E-state index contributed by atoms with van der Waals surface area (Å²) in [6, 6.07) is 4.43. The van der Waals surface area contributed by atoms with Gasteiger partial charge in [-0.15, -0.1) is 0 Å². The van der Waals surface area contributed by atoms with E-state index < -0.39 is 0 Å². The summed E-state index contributed by atoms with van der Waals surface area (Å²) in [5.74, 6) is 3.08. The summed E-state index contributed by atoms with van der Waals surface area (Å²) < 4.78 is 18.6. The molecule has 3 aliphatic rings. The molecule has 1 fully saturated rings. The Morgan fingerprint density at radius 3 is 1.76 bits per heavy atom. The van der Waals surface area contributed by atoms with E-state index in [-0.39, 0.29) is 12.2 Å². The maximum Gasteiger partial charge on any atom is 0.161 e. The second kappa shape index (κ2) is 7.41. The summed E-state index contributed by atoms with van der Waals surface area (Å²) in [4.78, 5) is 0. The van der Waals surface area contributed by atoms with Crippen molar-refractivity contribution in [3.8, 4) is 11.5 Å². The second-order valence-electron chi connectivity index (χ2n) is 7.58. The number of ether oxygens (including phenoxy) is 3. The van der Waals surface area contributed by atoms with Crippen LogP contribution in [0.2, 0.25) is 0 Å². The highest BCUT2D eigenvalue weighted by Crippen LogP contribution is 2.61. The first-order valence-electron chi connectivity index (χ1n) is 10.1. The molecule has 2 unspecified atom stereocenters. The van der Waals surface area contributed by atoms with Crippen LogP contribution >= 0.6 is 0 Å². The molecule has 0 radical (unpaired) electrons. The molecule has 0 N–H and O–H groups in total. The molecule has 3 heteroatoms. The largest absolute Gasteiger partial charge is 0.490 e. The molecular weight excluding hydrogens is 312 g/mol. The first-order chi connectivity index (χ1) is 12.3. The maximum atomic E-state index is 6.40. The zero-order valence-electron chi connectivity index (χ0n) is 15.5. The van der Waals surface area contributed by atoms with Crippen LogP contribution in [0.5, 0.6) is 11.5 Å². The van der Waals surface area contributed by atoms with Gasteiger partial charge in [0.15, 0.2) is 11.5 Å². The summed E-state index contributed by atoms with van der Waals surface area (Å²) in [6.45, 7) is 5.88. The molecule has 1 aromatic rings. The Balaban J connectivity index is 1.61. The number of rotatable bonds is 8. The van der Waals surface area contributed by atoms with Gasteiger partial charge in [0.1, 0.15) is 0 Å². The molecule has 0 spiro atoms. The monoisotopic (exact) mass is 342 g/mol. The minimum atomic E-state index is 0.244. The van der Waals surface area contributed by atoms with Crippen molar-refractivity contribution in [1.82, 2.24) is 0 Å². The van der Waals surface area contributed by atoms with Crippen LogP contribution in [0.3, 0.4) is 0 Å². The summed E-state index contributed by atoms with van der Waals surface area (Å²) in [5.41, 5.74) is 2.69. The van der Waals surface area contributed by atoms with E-state index in [1.54, 1.807) is 0 Å². The summed E-state index contributed by atoms with van der Waals surface area (Å²) >= 11 is 0. The van der Waals surface area contributed by atoms with Gasteiger partial charge in [-0.05, 0) is 60.8 Å². The predicted octanol–water partition coefficient (Wildman–Crippen LogP) is 5.75. The third-order valence-electron chi connectivity index (χ3n) is 5.88. The molecule has 2 bridgehead atoms. The highest BCUT2D eigenvalue weighted by atomic mass is 16.5. The number of hydrogen-bond acceptors (Lipinski definition) is 3. The number of allylic oxidation sites excluding steroid dienone is 2. The third kappa shape index (κ3) is 3.08. The van der Waals surface area contributed by atoms with Crippen LogP contribution < -0.4 is 9.47 Å². The van der Waals surface area contributed by atoms with Crippen molar-refractivity contribution >= 4 is 0 Å². The van der Waals surface area contributed by atoms with Gasteiger partial charge in [0.2, 0.25) is 0 Å². The fraction of sp³-hybridized carbons (Fsp3) is 0.636. The summed E-state index contributed by atoms with van der Waals surface area (Å²) in [6.07, 6.45) is 11.9. The molecule has 25 heavy (non-hydrogen) atoms.